The Bertz CT molecular complexity index is 636. The van der Waals surface area contributed by atoms with Crippen molar-refractivity contribution >= 4 is 23.2 Å². The summed E-state index contributed by atoms with van der Waals surface area (Å²) in [7, 11) is 1.58. The molecule has 2 aromatic rings. The maximum absolute atomic E-state index is 6.31. The van der Waals surface area contributed by atoms with Gasteiger partial charge >= 0.3 is 0 Å². The molecule has 2 aromatic carbocycles. The molecule has 0 radical (unpaired) electrons. The maximum Gasteiger partial charge on any atom is 0.138 e. The molecular weight excluding hydrogens is 305 g/mol. The van der Waals surface area contributed by atoms with Gasteiger partial charge < -0.3 is 10.1 Å². The smallest absolute Gasteiger partial charge is 0.138 e. The number of benzene rings is 2. The average Bonchev–Trinajstić information content (AvgIpc) is 3.32. The minimum Gasteiger partial charge on any atom is -0.495 e. The molecule has 110 valence electrons. The Balaban J connectivity index is 1.81. The van der Waals surface area contributed by atoms with Crippen LogP contribution in [0.5, 0.6) is 5.75 Å². The van der Waals surface area contributed by atoms with Gasteiger partial charge in [-0.25, -0.2) is 0 Å². The predicted octanol–water partition coefficient (Wildman–Crippen LogP) is 4.92. The lowest BCUT2D eigenvalue weighted by Gasteiger charge is -2.10. The monoisotopic (exact) mass is 321 g/mol. The van der Waals surface area contributed by atoms with Crippen LogP contribution in [0.25, 0.3) is 11.1 Å². The van der Waals surface area contributed by atoms with Crippen molar-refractivity contribution in [1.29, 1.82) is 0 Å². The summed E-state index contributed by atoms with van der Waals surface area (Å²) in [5, 5.41) is 4.71. The third-order valence-corrected chi connectivity index (χ3v) is 4.29. The third kappa shape index (κ3) is 3.52. The highest BCUT2D eigenvalue weighted by molar-refractivity contribution is 6.36. The summed E-state index contributed by atoms with van der Waals surface area (Å²) in [4.78, 5) is 0. The van der Waals surface area contributed by atoms with Gasteiger partial charge in [0.2, 0.25) is 0 Å². The Morgan fingerprint density at radius 1 is 1.10 bits per heavy atom. The fourth-order valence-corrected chi connectivity index (χ4v) is 2.76. The van der Waals surface area contributed by atoms with E-state index in [0.29, 0.717) is 15.8 Å². The van der Waals surface area contributed by atoms with Gasteiger partial charge in [-0.05, 0) is 30.0 Å². The van der Waals surface area contributed by atoms with Crippen molar-refractivity contribution in [3.63, 3.8) is 0 Å². The molecule has 3 rings (SSSR count). The molecule has 0 unspecified atom stereocenters. The van der Waals surface area contributed by atoms with Crippen LogP contribution < -0.4 is 10.1 Å². The van der Waals surface area contributed by atoms with E-state index in [4.69, 9.17) is 27.9 Å². The first-order valence-corrected chi connectivity index (χ1v) is 7.78. The zero-order chi connectivity index (χ0) is 14.8. The largest absolute Gasteiger partial charge is 0.495 e. The molecule has 1 aliphatic carbocycles. The zero-order valence-corrected chi connectivity index (χ0v) is 13.3. The molecule has 0 aliphatic heterocycles. The Hall–Kier alpha value is -1.22. The van der Waals surface area contributed by atoms with Gasteiger partial charge in [0.15, 0.2) is 0 Å². The normalized spacial score (nSPS) is 14.2. The number of rotatable bonds is 5. The highest BCUT2D eigenvalue weighted by Gasteiger charge is 2.19. The van der Waals surface area contributed by atoms with Crippen molar-refractivity contribution in [2.45, 2.75) is 25.4 Å². The van der Waals surface area contributed by atoms with Gasteiger partial charge in [0, 0.05) is 24.2 Å². The van der Waals surface area contributed by atoms with Gasteiger partial charge in [0.1, 0.15) is 5.75 Å². The SMILES string of the molecule is COc1cc(Cl)c(-c2ccc(CNC3CC3)cc2)cc1Cl. The van der Waals surface area contributed by atoms with Crippen molar-refractivity contribution in [1.82, 2.24) is 5.32 Å². The highest BCUT2D eigenvalue weighted by Crippen LogP contribution is 2.36. The van der Waals surface area contributed by atoms with Crippen LogP contribution in [0.3, 0.4) is 0 Å². The van der Waals surface area contributed by atoms with Crippen molar-refractivity contribution < 1.29 is 4.74 Å². The molecule has 0 bridgehead atoms. The lowest BCUT2D eigenvalue weighted by molar-refractivity contribution is 0.415. The predicted molar refractivity (Wildman–Crippen MR) is 88.3 cm³/mol. The van der Waals surface area contributed by atoms with Gasteiger partial charge in [-0.3, -0.25) is 0 Å². The van der Waals surface area contributed by atoms with E-state index in [2.05, 4.69) is 29.6 Å². The Labute approximate surface area is 135 Å². The summed E-state index contributed by atoms with van der Waals surface area (Å²) in [6.07, 6.45) is 2.61. The van der Waals surface area contributed by atoms with Crippen LogP contribution in [0.1, 0.15) is 18.4 Å². The maximum atomic E-state index is 6.31. The number of hydrogen-bond donors (Lipinski definition) is 1. The minimum atomic E-state index is 0.566. The molecule has 21 heavy (non-hydrogen) atoms. The summed E-state index contributed by atoms with van der Waals surface area (Å²) >= 11 is 12.5. The summed E-state index contributed by atoms with van der Waals surface area (Å²) in [6, 6.07) is 12.7. The van der Waals surface area contributed by atoms with Crippen LogP contribution in [-0.4, -0.2) is 13.2 Å². The first-order valence-electron chi connectivity index (χ1n) is 7.03. The number of methoxy groups -OCH3 is 1. The number of hydrogen-bond acceptors (Lipinski definition) is 2. The fraction of sp³-hybridized carbons (Fsp3) is 0.294. The topological polar surface area (TPSA) is 21.3 Å². The van der Waals surface area contributed by atoms with Crippen LogP contribution in [0, 0.1) is 0 Å². The number of nitrogens with one attached hydrogen (secondary N) is 1. The highest BCUT2D eigenvalue weighted by atomic mass is 35.5. The quantitative estimate of drug-likeness (QED) is 0.843. The van der Waals surface area contributed by atoms with Crippen LogP contribution >= 0.6 is 23.2 Å². The lowest BCUT2D eigenvalue weighted by Crippen LogP contribution is -2.14. The average molecular weight is 322 g/mol. The van der Waals surface area contributed by atoms with E-state index in [1.165, 1.54) is 18.4 Å². The molecular formula is C17H17Cl2NO. The Morgan fingerprint density at radius 2 is 1.81 bits per heavy atom. The summed E-state index contributed by atoms with van der Waals surface area (Å²) in [5.41, 5.74) is 3.25. The summed E-state index contributed by atoms with van der Waals surface area (Å²) in [5.74, 6) is 0.593. The molecule has 4 heteroatoms. The summed E-state index contributed by atoms with van der Waals surface area (Å²) in [6.45, 7) is 0.919. The first-order chi connectivity index (χ1) is 10.2. The lowest BCUT2D eigenvalue weighted by atomic mass is 10.0. The summed E-state index contributed by atoms with van der Waals surface area (Å²) < 4.78 is 5.17. The van der Waals surface area contributed by atoms with Crippen molar-refractivity contribution in [2.24, 2.45) is 0 Å². The van der Waals surface area contributed by atoms with Crippen LogP contribution in [0.2, 0.25) is 10.0 Å². The van der Waals surface area contributed by atoms with E-state index in [9.17, 15) is 0 Å². The molecule has 1 N–H and O–H groups in total. The Kier molecular flexibility index (Phi) is 4.39. The van der Waals surface area contributed by atoms with Crippen molar-refractivity contribution in [3.05, 3.63) is 52.0 Å². The molecule has 1 aliphatic rings. The molecule has 0 aromatic heterocycles. The van der Waals surface area contributed by atoms with Gasteiger partial charge in [-0.2, -0.15) is 0 Å². The van der Waals surface area contributed by atoms with Crippen LogP contribution in [0.15, 0.2) is 36.4 Å². The van der Waals surface area contributed by atoms with Gasteiger partial charge in [-0.15, -0.1) is 0 Å². The molecule has 0 atom stereocenters. The molecule has 0 heterocycles. The van der Waals surface area contributed by atoms with Crippen molar-refractivity contribution in [3.8, 4) is 16.9 Å². The van der Waals surface area contributed by atoms with Crippen molar-refractivity contribution in [2.75, 3.05) is 7.11 Å². The number of ether oxygens (including phenoxy) is 1. The third-order valence-electron chi connectivity index (χ3n) is 3.68. The van der Waals surface area contributed by atoms with Gasteiger partial charge in [0.25, 0.3) is 0 Å². The molecule has 0 amide bonds. The molecule has 2 nitrogen and oxygen atoms in total. The van der Waals surface area contributed by atoms with E-state index in [0.717, 1.165) is 23.7 Å². The first kappa shape index (κ1) is 14.7. The number of halogens is 2. The second-order valence-corrected chi connectivity index (χ2v) is 6.13. The van der Waals surface area contributed by atoms with E-state index in [-0.39, 0.29) is 0 Å². The van der Waals surface area contributed by atoms with Gasteiger partial charge in [-0.1, -0.05) is 47.5 Å². The zero-order valence-electron chi connectivity index (χ0n) is 11.8. The molecule has 0 saturated heterocycles. The second kappa shape index (κ2) is 6.27. The van der Waals surface area contributed by atoms with Crippen LogP contribution in [0.4, 0.5) is 0 Å². The van der Waals surface area contributed by atoms with E-state index in [1.54, 1.807) is 13.2 Å². The van der Waals surface area contributed by atoms with E-state index in [1.807, 2.05) is 6.07 Å². The molecule has 1 saturated carbocycles. The minimum absolute atomic E-state index is 0.566. The van der Waals surface area contributed by atoms with Crippen LogP contribution in [-0.2, 0) is 6.54 Å². The van der Waals surface area contributed by atoms with E-state index >= 15 is 0 Å². The Morgan fingerprint density at radius 3 is 2.43 bits per heavy atom. The standard InChI is InChI=1S/C17H17Cl2NO/c1-21-17-9-15(18)14(8-16(17)19)12-4-2-11(3-5-12)10-20-13-6-7-13/h2-5,8-9,13,20H,6-7,10H2,1H3. The van der Waals surface area contributed by atoms with Gasteiger partial charge in [0.05, 0.1) is 17.2 Å². The second-order valence-electron chi connectivity index (χ2n) is 5.32. The fourth-order valence-electron chi connectivity index (χ4n) is 2.26. The molecule has 1 fully saturated rings. The molecule has 0 spiro atoms. The van der Waals surface area contributed by atoms with E-state index < -0.39 is 0 Å².